The van der Waals surface area contributed by atoms with Gasteiger partial charge in [0.25, 0.3) is 0 Å². The molecule has 0 unspecified atom stereocenters. The number of phenols is 1. The van der Waals surface area contributed by atoms with E-state index in [1.165, 1.54) is 13.2 Å². The fourth-order valence-electron chi connectivity index (χ4n) is 1.26. The number of esters is 1. The number of nitro groups is 1. The van der Waals surface area contributed by atoms with Gasteiger partial charge in [0.15, 0.2) is 5.75 Å². The molecule has 0 saturated heterocycles. The van der Waals surface area contributed by atoms with E-state index in [4.69, 9.17) is 0 Å². The second kappa shape index (κ2) is 5.26. The summed E-state index contributed by atoms with van der Waals surface area (Å²) in [6, 6.07) is 3.38. The number of rotatable bonds is 4. The van der Waals surface area contributed by atoms with Crippen molar-refractivity contribution in [3.8, 4) is 5.75 Å². The summed E-state index contributed by atoms with van der Waals surface area (Å²) in [4.78, 5) is 20.6. The Labute approximate surface area is 96.4 Å². The van der Waals surface area contributed by atoms with Crippen LogP contribution in [0, 0.1) is 10.1 Å². The third-order valence-corrected chi connectivity index (χ3v) is 2.17. The summed E-state index contributed by atoms with van der Waals surface area (Å²) in [5.41, 5.74) is -0.252. The van der Waals surface area contributed by atoms with Gasteiger partial charge in [0.05, 0.1) is 24.6 Å². The highest BCUT2D eigenvalue weighted by Gasteiger charge is 2.18. The Balaban J connectivity index is 2.89. The Kier molecular flexibility index (Phi) is 4.00. The van der Waals surface area contributed by atoms with Crippen molar-refractivity contribution < 1.29 is 24.7 Å². The van der Waals surface area contributed by atoms with Crippen LogP contribution >= 0.6 is 0 Å². The van der Waals surface area contributed by atoms with Crippen LogP contribution in [0.25, 0.3) is 0 Å². The van der Waals surface area contributed by atoms with E-state index in [0.29, 0.717) is 0 Å². The Morgan fingerprint density at radius 1 is 1.59 bits per heavy atom. The number of benzene rings is 1. The second-order valence-corrected chi connectivity index (χ2v) is 3.30. The first kappa shape index (κ1) is 12.9. The number of aromatic hydroxyl groups is 1. The van der Waals surface area contributed by atoms with Gasteiger partial charge in [-0.05, 0) is 17.7 Å². The number of nitrogens with zero attached hydrogens (tertiary/aromatic N) is 1. The lowest BCUT2D eigenvalue weighted by Crippen LogP contribution is -2.08. The molecule has 1 aromatic rings. The fraction of sp³-hybridized carbons (Fsp3) is 0.300. The summed E-state index contributed by atoms with van der Waals surface area (Å²) in [7, 11) is 1.18. The molecule has 0 radical (unpaired) electrons. The molecule has 0 aromatic heterocycles. The van der Waals surface area contributed by atoms with Crippen LogP contribution < -0.4 is 0 Å². The first-order chi connectivity index (χ1) is 7.95. The van der Waals surface area contributed by atoms with E-state index in [2.05, 4.69) is 4.74 Å². The molecule has 0 heterocycles. The monoisotopic (exact) mass is 241 g/mol. The third kappa shape index (κ3) is 3.15. The number of aliphatic hydroxyl groups excluding tert-OH is 1. The number of carbonyl (C=O) groups excluding carboxylic acids is 1. The van der Waals surface area contributed by atoms with E-state index in [1.54, 1.807) is 0 Å². The number of carbonyl (C=O) groups is 1. The van der Waals surface area contributed by atoms with E-state index in [9.17, 15) is 25.1 Å². The zero-order valence-electron chi connectivity index (χ0n) is 8.99. The van der Waals surface area contributed by atoms with Crippen molar-refractivity contribution in [2.75, 3.05) is 7.11 Å². The summed E-state index contributed by atoms with van der Waals surface area (Å²) in [5.74, 6) is -1.17. The molecule has 0 fully saturated rings. The molecule has 0 aliphatic rings. The maximum Gasteiger partial charge on any atom is 0.310 e. The molecule has 2 N–H and O–H groups in total. The molecular formula is C10H11NO6. The van der Waals surface area contributed by atoms with Crippen LogP contribution in [0.4, 0.5) is 5.69 Å². The first-order valence-electron chi connectivity index (χ1n) is 4.68. The molecule has 1 atom stereocenters. The van der Waals surface area contributed by atoms with Gasteiger partial charge in [0.1, 0.15) is 0 Å². The predicted octanol–water partition coefficient (Wildman–Crippen LogP) is 0.897. The van der Waals surface area contributed by atoms with Crippen molar-refractivity contribution in [3.63, 3.8) is 0 Å². The fourth-order valence-corrected chi connectivity index (χ4v) is 1.26. The van der Waals surface area contributed by atoms with Gasteiger partial charge in [-0.2, -0.15) is 0 Å². The predicted molar refractivity (Wildman–Crippen MR) is 56.4 cm³/mol. The van der Waals surface area contributed by atoms with Crippen molar-refractivity contribution in [3.05, 3.63) is 33.9 Å². The largest absolute Gasteiger partial charge is 0.502 e. The molecule has 0 bridgehead atoms. The van der Waals surface area contributed by atoms with Gasteiger partial charge in [0, 0.05) is 6.07 Å². The lowest BCUT2D eigenvalue weighted by Gasteiger charge is -2.09. The topological polar surface area (TPSA) is 110 Å². The van der Waals surface area contributed by atoms with Gasteiger partial charge in [-0.25, -0.2) is 0 Å². The number of ether oxygens (including phenoxy) is 1. The summed E-state index contributed by atoms with van der Waals surface area (Å²) >= 11 is 0. The van der Waals surface area contributed by atoms with Crippen molar-refractivity contribution in [1.82, 2.24) is 0 Å². The quantitative estimate of drug-likeness (QED) is 0.460. The molecule has 0 saturated carbocycles. The van der Waals surface area contributed by atoms with E-state index in [-0.39, 0.29) is 12.0 Å². The number of aliphatic hydroxyl groups is 1. The van der Waals surface area contributed by atoms with E-state index >= 15 is 0 Å². The molecular weight excluding hydrogens is 230 g/mol. The molecule has 0 spiro atoms. The standard InChI is InChI=1S/C10H11NO6/c1-17-10(14)5-8(12)6-2-3-7(11(15)16)9(13)4-6/h2-4,8,12-13H,5H2,1H3/t8-/m1/s1. The Morgan fingerprint density at radius 3 is 2.71 bits per heavy atom. The number of phenolic OH excluding ortho intramolecular Hbond substituents is 1. The SMILES string of the molecule is COC(=O)C[C@@H](O)c1ccc([N+](=O)[O-])c(O)c1. The molecule has 17 heavy (non-hydrogen) atoms. The lowest BCUT2D eigenvalue weighted by atomic mass is 10.1. The lowest BCUT2D eigenvalue weighted by molar-refractivity contribution is -0.385. The van der Waals surface area contributed by atoms with E-state index in [1.807, 2.05) is 0 Å². The highest BCUT2D eigenvalue weighted by molar-refractivity contribution is 5.70. The second-order valence-electron chi connectivity index (χ2n) is 3.30. The summed E-state index contributed by atoms with van der Waals surface area (Å²) < 4.78 is 4.36. The smallest absolute Gasteiger partial charge is 0.310 e. The molecule has 1 aromatic carbocycles. The number of hydrogen-bond acceptors (Lipinski definition) is 6. The van der Waals surface area contributed by atoms with Crippen LogP contribution in [-0.2, 0) is 9.53 Å². The van der Waals surface area contributed by atoms with E-state index < -0.39 is 28.4 Å². The molecule has 7 nitrogen and oxygen atoms in total. The van der Waals surface area contributed by atoms with Crippen molar-refractivity contribution in [1.29, 1.82) is 0 Å². The number of nitro benzene ring substituents is 1. The van der Waals surface area contributed by atoms with Gasteiger partial charge < -0.3 is 14.9 Å². The first-order valence-corrected chi connectivity index (χ1v) is 4.68. The van der Waals surface area contributed by atoms with Crippen LogP contribution in [-0.4, -0.2) is 28.2 Å². The average molecular weight is 241 g/mol. The summed E-state index contributed by atoms with van der Waals surface area (Å²) in [6.45, 7) is 0. The molecule has 0 amide bonds. The average Bonchev–Trinajstić information content (AvgIpc) is 2.28. The molecule has 0 aliphatic heterocycles. The van der Waals surface area contributed by atoms with Gasteiger partial charge >= 0.3 is 11.7 Å². The maximum atomic E-state index is 10.9. The highest BCUT2D eigenvalue weighted by Crippen LogP contribution is 2.29. The van der Waals surface area contributed by atoms with Crippen molar-refractivity contribution >= 4 is 11.7 Å². The van der Waals surface area contributed by atoms with Gasteiger partial charge in [-0.3, -0.25) is 14.9 Å². The van der Waals surface area contributed by atoms with Crippen LogP contribution in [0.15, 0.2) is 18.2 Å². The van der Waals surface area contributed by atoms with Crippen LogP contribution in [0.2, 0.25) is 0 Å². The number of methoxy groups -OCH3 is 1. The third-order valence-electron chi connectivity index (χ3n) is 2.17. The minimum Gasteiger partial charge on any atom is -0.502 e. The zero-order chi connectivity index (χ0) is 13.0. The van der Waals surface area contributed by atoms with Crippen LogP contribution in [0.1, 0.15) is 18.1 Å². The van der Waals surface area contributed by atoms with Gasteiger partial charge in [-0.1, -0.05) is 0 Å². The van der Waals surface area contributed by atoms with E-state index in [0.717, 1.165) is 12.1 Å². The van der Waals surface area contributed by atoms with Crippen LogP contribution in [0.5, 0.6) is 5.75 Å². The minimum atomic E-state index is -1.17. The molecule has 7 heteroatoms. The van der Waals surface area contributed by atoms with Crippen LogP contribution in [0.3, 0.4) is 0 Å². The molecule has 92 valence electrons. The Bertz CT molecular complexity index is 444. The summed E-state index contributed by atoms with van der Waals surface area (Å²) in [6.07, 6.45) is -1.46. The van der Waals surface area contributed by atoms with Crippen molar-refractivity contribution in [2.24, 2.45) is 0 Å². The number of hydrogen-bond donors (Lipinski definition) is 2. The Hall–Kier alpha value is -2.15. The highest BCUT2D eigenvalue weighted by atomic mass is 16.6. The van der Waals surface area contributed by atoms with Crippen molar-refractivity contribution in [2.45, 2.75) is 12.5 Å². The summed E-state index contributed by atoms with van der Waals surface area (Å²) in [5, 5.41) is 29.4. The van der Waals surface area contributed by atoms with Gasteiger partial charge in [-0.15, -0.1) is 0 Å². The zero-order valence-corrected chi connectivity index (χ0v) is 8.99. The minimum absolute atomic E-state index is 0.207. The maximum absolute atomic E-state index is 10.9. The normalized spacial score (nSPS) is 11.9. The van der Waals surface area contributed by atoms with Gasteiger partial charge in [0.2, 0.25) is 0 Å². The molecule has 0 aliphatic carbocycles. The Morgan fingerprint density at radius 2 is 2.24 bits per heavy atom. The molecule has 1 rings (SSSR count).